The minimum absolute atomic E-state index is 0.0202. The van der Waals surface area contributed by atoms with Crippen molar-refractivity contribution in [1.82, 2.24) is 10.2 Å². The third-order valence-electron chi connectivity index (χ3n) is 3.60. The van der Waals surface area contributed by atoms with E-state index in [4.69, 9.17) is 4.74 Å². The van der Waals surface area contributed by atoms with Crippen LogP contribution in [0.1, 0.15) is 25.3 Å². The zero-order valence-electron chi connectivity index (χ0n) is 12.4. The van der Waals surface area contributed by atoms with Crippen molar-refractivity contribution in [3.8, 4) is 5.75 Å². The van der Waals surface area contributed by atoms with E-state index in [1.807, 2.05) is 24.3 Å². The van der Waals surface area contributed by atoms with Gasteiger partial charge in [-0.05, 0) is 37.0 Å². The van der Waals surface area contributed by atoms with Gasteiger partial charge in [-0.15, -0.1) is 0 Å². The number of carbonyl (C=O) groups excluding carboxylic acids is 2. The molecule has 1 aromatic carbocycles. The van der Waals surface area contributed by atoms with Gasteiger partial charge in [0.1, 0.15) is 5.75 Å². The van der Waals surface area contributed by atoms with E-state index in [0.29, 0.717) is 5.75 Å². The fraction of sp³-hybridized carbons (Fsp3) is 0.500. The number of rotatable bonds is 6. The molecular weight excluding hydrogens is 268 g/mol. The number of carbonyl (C=O) groups is 2. The van der Waals surface area contributed by atoms with Crippen molar-refractivity contribution < 1.29 is 14.3 Å². The molecule has 0 spiro atoms. The Balaban J connectivity index is 1.67. The number of likely N-dealkylation sites (tertiary alicyclic amines) is 1. The minimum Gasteiger partial charge on any atom is -0.484 e. The summed E-state index contributed by atoms with van der Waals surface area (Å²) >= 11 is 0. The van der Waals surface area contributed by atoms with Crippen molar-refractivity contribution in [1.29, 1.82) is 0 Å². The molecule has 1 aromatic rings. The molecule has 21 heavy (non-hydrogen) atoms. The average Bonchev–Trinajstić information content (AvgIpc) is 3.05. The van der Waals surface area contributed by atoms with Gasteiger partial charge in [-0.2, -0.15) is 0 Å². The van der Waals surface area contributed by atoms with Crippen LogP contribution in [0.15, 0.2) is 24.3 Å². The van der Waals surface area contributed by atoms with Crippen LogP contribution >= 0.6 is 0 Å². The number of ether oxygens (including phenoxy) is 1. The van der Waals surface area contributed by atoms with Crippen LogP contribution in [-0.4, -0.2) is 43.0 Å². The quantitative estimate of drug-likeness (QED) is 0.861. The molecule has 1 saturated heterocycles. The van der Waals surface area contributed by atoms with Crippen molar-refractivity contribution in [2.24, 2.45) is 0 Å². The topological polar surface area (TPSA) is 58.6 Å². The monoisotopic (exact) mass is 290 g/mol. The number of aryl methyl sites for hydroxylation is 1. The highest BCUT2D eigenvalue weighted by molar-refractivity contribution is 5.85. The van der Waals surface area contributed by atoms with Crippen molar-refractivity contribution in [2.75, 3.05) is 26.2 Å². The van der Waals surface area contributed by atoms with Crippen molar-refractivity contribution in [3.05, 3.63) is 29.8 Å². The van der Waals surface area contributed by atoms with Crippen molar-refractivity contribution in [2.45, 2.75) is 26.2 Å². The van der Waals surface area contributed by atoms with E-state index in [0.717, 1.165) is 32.4 Å². The molecule has 114 valence electrons. The van der Waals surface area contributed by atoms with Crippen LogP contribution in [0, 0.1) is 0 Å². The molecular formula is C16H22N2O3. The Labute approximate surface area is 125 Å². The SMILES string of the molecule is CCc1ccc(OCC(=O)NCC(=O)N2CCCC2)cc1. The highest BCUT2D eigenvalue weighted by Crippen LogP contribution is 2.12. The van der Waals surface area contributed by atoms with Crippen LogP contribution in [0.4, 0.5) is 0 Å². The first-order valence-corrected chi connectivity index (χ1v) is 7.45. The molecule has 0 aliphatic carbocycles. The highest BCUT2D eigenvalue weighted by atomic mass is 16.5. The van der Waals surface area contributed by atoms with Crippen LogP contribution in [0.25, 0.3) is 0 Å². The molecule has 2 amide bonds. The van der Waals surface area contributed by atoms with Crippen molar-refractivity contribution >= 4 is 11.8 Å². The largest absolute Gasteiger partial charge is 0.484 e. The van der Waals surface area contributed by atoms with E-state index in [1.165, 1.54) is 5.56 Å². The van der Waals surface area contributed by atoms with Gasteiger partial charge in [-0.25, -0.2) is 0 Å². The van der Waals surface area contributed by atoms with E-state index < -0.39 is 0 Å². The predicted molar refractivity (Wildman–Crippen MR) is 80.1 cm³/mol. The maximum absolute atomic E-state index is 11.8. The molecule has 1 heterocycles. The number of hydrogen-bond donors (Lipinski definition) is 1. The lowest BCUT2D eigenvalue weighted by molar-refractivity contribution is -0.132. The third-order valence-corrected chi connectivity index (χ3v) is 3.60. The second-order valence-corrected chi connectivity index (χ2v) is 5.15. The second kappa shape index (κ2) is 7.67. The number of benzene rings is 1. The Kier molecular flexibility index (Phi) is 5.60. The lowest BCUT2D eigenvalue weighted by Gasteiger charge is -2.15. The molecule has 0 saturated carbocycles. The first-order chi connectivity index (χ1) is 10.2. The Morgan fingerprint density at radius 2 is 1.86 bits per heavy atom. The summed E-state index contributed by atoms with van der Waals surface area (Å²) in [5, 5.41) is 2.60. The lowest BCUT2D eigenvalue weighted by Crippen LogP contribution is -2.40. The van der Waals surface area contributed by atoms with Crippen molar-refractivity contribution in [3.63, 3.8) is 0 Å². The zero-order chi connectivity index (χ0) is 15.1. The summed E-state index contributed by atoms with van der Waals surface area (Å²) < 4.78 is 5.39. The molecule has 1 N–H and O–H groups in total. The average molecular weight is 290 g/mol. The molecule has 0 radical (unpaired) electrons. The van der Waals surface area contributed by atoms with Gasteiger partial charge in [-0.1, -0.05) is 19.1 Å². The molecule has 0 aromatic heterocycles. The number of amides is 2. The van der Waals surface area contributed by atoms with Gasteiger partial charge < -0.3 is 15.0 Å². The number of nitrogens with zero attached hydrogens (tertiary/aromatic N) is 1. The normalized spacial score (nSPS) is 14.0. The molecule has 1 aliphatic heterocycles. The fourth-order valence-electron chi connectivity index (χ4n) is 2.27. The van der Waals surface area contributed by atoms with Gasteiger partial charge in [0.2, 0.25) is 5.91 Å². The van der Waals surface area contributed by atoms with Crippen LogP contribution < -0.4 is 10.1 Å². The molecule has 0 bridgehead atoms. The van der Waals surface area contributed by atoms with Gasteiger partial charge in [0.15, 0.2) is 6.61 Å². The fourth-order valence-corrected chi connectivity index (χ4v) is 2.27. The summed E-state index contributed by atoms with van der Waals surface area (Å²) in [4.78, 5) is 25.2. The lowest BCUT2D eigenvalue weighted by atomic mass is 10.2. The predicted octanol–water partition coefficient (Wildman–Crippen LogP) is 1.37. The summed E-state index contributed by atoms with van der Waals surface area (Å²) in [6.45, 7) is 3.67. The first kappa shape index (κ1) is 15.4. The van der Waals surface area contributed by atoms with Gasteiger partial charge in [0.05, 0.1) is 6.54 Å². The first-order valence-electron chi connectivity index (χ1n) is 7.45. The van der Waals surface area contributed by atoms with Crippen LogP contribution in [0.2, 0.25) is 0 Å². The summed E-state index contributed by atoms with van der Waals surface area (Å²) in [6.07, 6.45) is 3.08. The van der Waals surface area contributed by atoms with Gasteiger partial charge >= 0.3 is 0 Å². The van der Waals surface area contributed by atoms with Gasteiger partial charge in [0.25, 0.3) is 5.91 Å². The molecule has 0 atom stereocenters. The smallest absolute Gasteiger partial charge is 0.258 e. The van der Waals surface area contributed by atoms with E-state index in [2.05, 4.69) is 12.2 Å². The van der Waals surface area contributed by atoms with Crippen LogP contribution in [-0.2, 0) is 16.0 Å². The Morgan fingerprint density at radius 1 is 1.19 bits per heavy atom. The summed E-state index contributed by atoms with van der Waals surface area (Å²) in [5.41, 5.74) is 1.23. The third kappa shape index (κ3) is 4.77. The molecule has 2 rings (SSSR count). The number of hydrogen-bond acceptors (Lipinski definition) is 3. The van der Waals surface area contributed by atoms with Gasteiger partial charge in [0, 0.05) is 13.1 Å². The van der Waals surface area contributed by atoms with E-state index >= 15 is 0 Å². The Bertz CT molecular complexity index is 479. The highest BCUT2D eigenvalue weighted by Gasteiger charge is 2.18. The second-order valence-electron chi connectivity index (χ2n) is 5.15. The maximum atomic E-state index is 11.8. The van der Waals surface area contributed by atoms with E-state index in [-0.39, 0.29) is 25.0 Å². The Morgan fingerprint density at radius 3 is 2.48 bits per heavy atom. The molecule has 1 aliphatic rings. The molecule has 1 fully saturated rings. The van der Waals surface area contributed by atoms with Gasteiger partial charge in [-0.3, -0.25) is 9.59 Å². The zero-order valence-corrected chi connectivity index (χ0v) is 12.4. The summed E-state index contributed by atoms with van der Waals surface area (Å²) in [7, 11) is 0. The minimum atomic E-state index is -0.276. The summed E-state index contributed by atoms with van der Waals surface area (Å²) in [6, 6.07) is 7.65. The van der Waals surface area contributed by atoms with E-state index in [9.17, 15) is 9.59 Å². The Hall–Kier alpha value is -2.04. The maximum Gasteiger partial charge on any atom is 0.258 e. The molecule has 0 unspecified atom stereocenters. The molecule has 5 heteroatoms. The molecule has 5 nitrogen and oxygen atoms in total. The summed E-state index contributed by atoms with van der Waals surface area (Å²) in [5.74, 6) is 0.364. The van der Waals surface area contributed by atoms with Crippen LogP contribution in [0.5, 0.6) is 5.75 Å². The number of nitrogens with one attached hydrogen (secondary N) is 1. The standard InChI is InChI=1S/C16H22N2O3/c1-2-13-5-7-14(8-6-13)21-12-15(19)17-11-16(20)18-9-3-4-10-18/h5-8H,2-4,9-12H2,1H3,(H,17,19). The van der Waals surface area contributed by atoms with Crippen LogP contribution in [0.3, 0.4) is 0 Å². The van der Waals surface area contributed by atoms with E-state index in [1.54, 1.807) is 4.90 Å².